The second kappa shape index (κ2) is 4.20. The van der Waals surface area contributed by atoms with Crippen molar-refractivity contribution in [3.8, 4) is 0 Å². The van der Waals surface area contributed by atoms with E-state index in [0.717, 1.165) is 21.8 Å². The molecule has 1 heterocycles. The van der Waals surface area contributed by atoms with E-state index in [0.29, 0.717) is 5.69 Å². The van der Waals surface area contributed by atoms with Gasteiger partial charge in [0.05, 0.1) is 17.1 Å². The molecule has 0 spiro atoms. The molecule has 0 aliphatic heterocycles. The fourth-order valence-electron chi connectivity index (χ4n) is 1.16. The van der Waals surface area contributed by atoms with Gasteiger partial charge in [-0.3, -0.25) is 4.98 Å². The van der Waals surface area contributed by atoms with E-state index in [1.54, 1.807) is 0 Å². The molecule has 1 aromatic heterocycles. The predicted molar refractivity (Wildman–Crippen MR) is 64.8 cm³/mol. The maximum atomic E-state index is 11.8. The largest absolute Gasteiger partial charge is 0.623 e. The van der Waals surface area contributed by atoms with E-state index in [1.165, 1.54) is 6.21 Å². The van der Waals surface area contributed by atoms with E-state index in [9.17, 15) is 5.21 Å². The second-order valence-corrected chi connectivity index (χ2v) is 4.99. The Balaban J connectivity index is 3.21. The van der Waals surface area contributed by atoms with Gasteiger partial charge in [0.2, 0.25) is 6.21 Å². The Morgan fingerprint density at radius 1 is 1.00 bits per heavy atom. The van der Waals surface area contributed by atoms with Crippen molar-refractivity contribution in [2.24, 2.45) is 0 Å². The fourth-order valence-corrected chi connectivity index (χ4v) is 1.16. The lowest BCUT2D eigenvalue weighted by atomic mass is 10.1. The summed E-state index contributed by atoms with van der Waals surface area (Å²) >= 11 is 0. The SMILES string of the molecule is Cc1nc(C)c(/C=[N+](\[O-])C(C)(C)C)nc1C. The van der Waals surface area contributed by atoms with Crippen molar-refractivity contribution in [2.45, 2.75) is 47.1 Å². The lowest BCUT2D eigenvalue weighted by Crippen LogP contribution is -2.29. The van der Waals surface area contributed by atoms with Crippen molar-refractivity contribution in [1.82, 2.24) is 9.97 Å². The van der Waals surface area contributed by atoms with Crippen LogP contribution in [0, 0.1) is 26.0 Å². The highest BCUT2D eigenvalue weighted by molar-refractivity contribution is 5.74. The number of nitrogens with zero attached hydrogens (tertiary/aromatic N) is 3. The molecule has 0 bridgehead atoms. The maximum absolute atomic E-state index is 11.8. The summed E-state index contributed by atoms with van der Waals surface area (Å²) in [6, 6.07) is 0. The zero-order valence-corrected chi connectivity index (χ0v) is 10.8. The fraction of sp³-hybridized carbons (Fsp3) is 0.583. The van der Waals surface area contributed by atoms with Gasteiger partial charge in [0.15, 0.2) is 5.54 Å². The predicted octanol–water partition coefficient (Wildman–Crippen LogP) is 2.13. The first-order valence-electron chi connectivity index (χ1n) is 5.35. The number of aryl methyl sites for hydroxylation is 3. The molecule has 0 saturated heterocycles. The monoisotopic (exact) mass is 221 g/mol. The quantitative estimate of drug-likeness (QED) is 0.316. The molecule has 4 heteroatoms. The first-order chi connectivity index (χ1) is 7.21. The number of aromatic nitrogens is 2. The minimum Gasteiger partial charge on any atom is -0.623 e. The van der Waals surface area contributed by atoms with Gasteiger partial charge in [-0.25, -0.2) is 9.72 Å². The molecule has 1 rings (SSSR count). The van der Waals surface area contributed by atoms with Crippen LogP contribution in [0.5, 0.6) is 0 Å². The molecule has 0 fully saturated rings. The van der Waals surface area contributed by atoms with E-state index < -0.39 is 5.54 Å². The van der Waals surface area contributed by atoms with Crippen LogP contribution in [-0.4, -0.2) is 26.5 Å². The molecule has 0 saturated carbocycles. The van der Waals surface area contributed by atoms with E-state index >= 15 is 0 Å². The van der Waals surface area contributed by atoms with Crippen LogP contribution in [0.3, 0.4) is 0 Å². The molecule has 0 aliphatic carbocycles. The van der Waals surface area contributed by atoms with Gasteiger partial charge in [0.25, 0.3) is 0 Å². The molecule has 4 nitrogen and oxygen atoms in total. The molecule has 88 valence electrons. The molecule has 1 aromatic rings. The first-order valence-corrected chi connectivity index (χ1v) is 5.35. The Bertz CT molecular complexity index is 431. The molecule has 0 aliphatic rings. The summed E-state index contributed by atoms with van der Waals surface area (Å²) in [7, 11) is 0. The van der Waals surface area contributed by atoms with Crippen molar-refractivity contribution in [1.29, 1.82) is 0 Å². The molecule has 0 atom stereocenters. The van der Waals surface area contributed by atoms with E-state index in [-0.39, 0.29) is 0 Å². The van der Waals surface area contributed by atoms with Crippen LogP contribution >= 0.6 is 0 Å². The van der Waals surface area contributed by atoms with Crippen molar-refractivity contribution >= 4 is 6.21 Å². The Hall–Kier alpha value is -1.45. The van der Waals surface area contributed by atoms with Crippen LogP contribution in [0.2, 0.25) is 0 Å². The van der Waals surface area contributed by atoms with Gasteiger partial charge >= 0.3 is 0 Å². The molecule has 0 N–H and O–H groups in total. The van der Waals surface area contributed by atoms with Crippen LogP contribution in [0.15, 0.2) is 0 Å². The number of hydrogen-bond acceptors (Lipinski definition) is 3. The number of rotatable bonds is 1. The summed E-state index contributed by atoms with van der Waals surface area (Å²) in [5.41, 5.74) is 2.75. The smallest absolute Gasteiger partial charge is 0.202 e. The van der Waals surface area contributed by atoms with Gasteiger partial charge in [-0.05, 0) is 20.8 Å². The maximum Gasteiger partial charge on any atom is 0.202 e. The molecular formula is C12H19N3O. The summed E-state index contributed by atoms with van der Waals surface area (Å²) in [6.07, 6.45) is 1.51. The van der Waals surface area contributed by atoms with Crippen LogP contribution in [0.25, 0.3) is 0 Å². The van der Waals surface area contributed by atoms with Crippen LogP contribution < -0.4 is 0 Å². The van der Waals surface area contributed by atoms with Crippen molar-refractivity contribution < 1.29 is 4.74 Å². The molecule has 0 unspecified atom stereocenters. The minimum atomic E-state index is -0.451. The highest BCUT2D eigenvalue weighted by Gasteiger charge is 2.19. The third kappa shape index (κ3) is 2.78. The van der Waals surface area contributed by atoms with E-state index in [2.05, 4.69) is 9.97 Å². The number of hydrogen-bond donors (Lipinski definition) is 0. The summed E-state index contributed by atoms with van der Waals surface area (Å²) in [4.78, 5) is 8.71. The third-order valence-electron chi connectivity index (χ3n) is 2.42. The Morgan fingerprint density at radius 3 is 2.00 bits per heavy atom. The normalized spacial score (nSPS) is 13.0. The van der Waals surface area contributed by atoms with Gasteiger partial charge in [-0.2, -0.15) is 0 Å². The Kier molecular flexibility index (Phi) is 3.31. The highest BCUT2D eigenvalue weighted by Crippen LogP contribution is 2.08. The zero-order chi connectivity index (χ0) is 12.5. The summed E-state index contributed by atoms with van der Waals surface area (Å²) in [5, 5.41) is 11.8. The molecule has 0 amide bonds. The third-order valence-corrected chi connectivity index (χ3v) is 2.42. The minimum absolute atomic E-state index is 0.451. The Labute approximate surface area is 96.6 Å². The molecule has 16 heavy (non-hydrogen) atoms. The summed E-state index contributed by atoms with van der Waals surface area (Å²) < 4.78 is 0.915. The highest BCUT2D eigenvalue weighted by atomic mass is 16.5. The summed E-state index contributed by atoms with van der Waals surface area (Å²) in [6.45, 7) is 11.3. The lowest BCUT2D eigenvalue weighted by Gasteiger charge is -2.18. The molecule has 0 radical (unpaired) electrons. The number of hydroxylamine groups is 1. The van der Waals surface area contributed by atoms with Gasteiger partial charge in [0.1, 0.15) is 5.69 Å². The van der Waals surface area contributed by atoms with Crippen molar-refractivity contribution in [3.05, 3.63) is 28.0 Å². The van der Waals surface area contributed by atoms with E-state index in [4.69, 9.17) is 0 Å². The van der Waals surface area contributed by atoms with Crippen LogP contribution in [-0.2, 0) is 0 Å². The van der Waals surface area contributed by atoms with Gasteiger partial charge < -0.3 is 5.21 Å². The summed E-state index contributed by atoms with van der Waals surface area (Å²) in [5.74, 6) is 0. The van der Waals surface area contributed by atoms with Crippen LogP contribution in [0.4, 0.5) is 0 Å². The standard InChI is InChI=1S/C12H19N3O/c1-8-9(2)14-11(10(3)13-8)7-15(16)12(4,5)6/h7H,1-6H3/b15-7-. The first kappa shape index (κ1) is 12.6. The van der Waals surface area contributed by atoms with E-state index in [1.807, 2.05) is 41.5 Å². The molecular weight excluding hydrogens is 202 g/mol. The molecule has 0 aromatic carbocycles. The van der Waals surface area contributed by atoms with Crippen LogP contribution in [0.1, 0.15) is 43.5 Å². The zero-order valence-electron chi connectivity index (χ0n) is 10.8. The Morgan fingerprint density at radius 2 is 1.50 bits per heavy atom. The average molecular weight is 221 g/mol. The van der Waals surface area contributed by atoms with Crippen molar-refractivity contribution in [2.75, 3.05) is 0 Å². The average Bonchev–Trinajstić information content (AvgIpc) is 2.12. The topological polar surface area (TPSA) is 51.9 Å². The van der Waals surface area contributed by atoms with Crippen molar-refractivity contribution in [3.63, 3.8) is 0 Å². The lowest BCUT2D eigenvalue weighted by molar-refractivity contribution is -0.530. The second-order valence-electron chi connectivity index (χ2n) is 4.99. The van der Waals surface area contributed by atoms with Gasteiger partial charge in [-0.1, -0.05) is 0 Å². The van der Waals surface area contributed by atoms with Gasteiger partial charge in [-0.15, -0.1) is 0 Å². The van der Waals surface area contributed by atoms with Gasteiger partial charge in [0, 0.05) is 20.8 Å².